The lowest BCUT2D eigenvalue weighted by Crippen LogP contribution is -2.23. The summed E-state index contributed by atoms with van der Waals surface area (Å²) in [7, 11) is -3.63. The molecule has 1 N–H and O–H groups in total. The molecule has 2 heterocycles. The van der Waals surface area contributed by atoms with Crippen molar-refractivity contribution in [1.29, 1.82) is 0 Å². The predicted octanol–water partition coefficient (Wildman–Crippen LogP) is 2.89. The van der Waals surface area contributed by atoms with Crippen molar-refractivity contribution in [3.8, 4) is 0 Å². The molecule has 0 fully saturated rings. The van der Waals surface area contributed by atoms with Crippen LogP contribution in [0.1, 0.15) is 15.3 Å². The Hall–Kier alpha value is -0.950. The molecular formula is C12H13ClN2O2S2. The van der Waals surface area contributed by atoms with Gasteiger partial charge in [0.05, 0.1) is 5.02 Å². The minimum absolute atomic E-state index is 0.00154. The van der Waals surface area contributed by atoms with Crippen molar-refractivity contribution >= 4 is 33.0 Å². The average Bonchev–Trinajstić information content (AvgIpc) is 2.67. The van der Waals surface area contributed by atoms with Gasteiger partial charge < -0.3 is 0 Å². The molecule has 102 valence electrons. The van der Waals surface area contributed by atoms with E-state index in [1.165, 1.54) is 28.9 Å². The van der Waals surface area contributed by atoms with Crippen LogP contribution in [-0.4, -0.2) is 13.4 Å². The molecule has 0 bridgehead atoms. The molecule has 7 heteroatoms. The van der Waals surface area contributed by atoms with Gasteiger partial charge in [-0.2, -0.15) is 0 Å². The molecule has 0 atom stereocenters. The molecule has 0 radical (unpaired) electrons. The normalized spacial score (nSPS) is 11.7. The first-order valence-electron chi connectivity index (χ1n) is 5.55. The molecule has 0 aliphatic rings. The molecule has 0 spiro atoms. The van der Waals surface area contributed by atoms with Crippen LogP contribution in [0.25, 0.3) is 0 Å². The molecule has 0 aliphatic carbocycles. The molecule has 0 unspecified atom stereocenters. The third kappa shape index (κ3) is 3.33. The van der Waals surface area contributed by atoms with E-state index >= 15 is 0 Å². The molecule has 2 aromatic heterocycles. The van der Waals surface area contributed by atoms with Crippen LogP contribution in [-0.2, 0) is 16.6 Å². The Balaban J connectivity index is 2.17. The van der Waals surface area contributed by atoms with Crippen molar-refractivity contribution in [3.05, 3.63) is 44.9 Å². The van der Waals surface area contributed by atoms with Crippen molar-refractivity contribution in [2.75, 3.05) is 0 Å². The van der Waals surface area contributed by atoms with E-state index in [4.69, 9.17) is 11.6 Å². The van der Waals surface area contributed by atoms with Crippen LogP contribution in [0.15, 0.2) is 29.4 Å². The third-order valence-electron chi connectivity index (χ3n) is 2.68. The number of hydrogen-bond acceptors (Lipinski definition) is 4. The Bertz CT molecular complexity index is 676. The summed E-state index contributed by atoms with van der Waals surface area (Å²) >= 11 is 7.44. The monoisotopic (exact) mass is 316 g/mol. The van der Waals surface area contributed by atoms with Gasteiger partial charge in [0.1, 0.15) is 4.90 Å². The van der Waals surface area contributed by atoms with Crippen molar-refractivity contribution in [3.63, 3.8) is 0 Å². The number of thiophene rings is 1. The molecular weight excluding hydrogens is 304 g/mol. The zero-order valence-electron chi connectivity index (χ0n) is 10.5. The second-order valence-electron chi connectivity index (χ2n) is 4.08. The second-order valence-corrected chi connectivity index (χ2v) is 7.57. The molecule has 0 saturated heterocycles. The highest BCUT2D eigenvalue weighted by Gasteiger charge is 2.18. The Morgan fingerprint density at radius 2 is 2.16 bits per heavy atom. The van der Waals surface area contributed by atoms with Gasteiger partial charge in [0.25, 0.3) is 0 Å². The average molecular weight is 317 g/mol. The van der Waals surface area contributed by atoms with Crippen molar-refractivity contribution in [2.45, 2.75) is 25.3 Å². The van der Waals surface area contributed by atoms with Crippen LogP contribution in [0, 0.1) is 13.8 Å². The number of nitrogens with one attached hydrogen (secondary N) is 1. The Kier molecular flexibility index (Phi) is 4.25. The van der Waals surface area contributed by atoms with Crippen molar-refractivity contribution in [1.82, 2.24) is 9.71 Å². The Morgan fingerprint density at radius 3 is 2.74 bits per heavy atom. The fraction of sp³-hybridized carbons (Fsp3) is 0.250. The maximum Gasteiger partial charge on any atom is 0.243 e. The lowest BCUT2D eigenvalue weighted by molar-refractivity contribution is 0.581. The molecule has 4 nitrogen and oxygen atoms in total. The molecule has 0 saturated carbocycles. The highest BCUT2D eigenvalue weighted by atomic mass is 35.5. The molecule has 2 aromatic rings. The maximum absolute atomic E-state index is 12.1. The van der Waals surface area contributed by atoms with E-state index < -0.39 is 10.0 Å². The number of rotatable bonds is 4. The topological polar surface area (TPSA) is 59.1 Å². The second kappa shape index (κ2) is 5.58. The zero-order chi connectivity index (χ0) is 14.0. The van der Waals surface area contributed by atoms with E-state index in [2.05, 4.69) is 9.71 Å². The van der Waals surface area contributed by atoms with E-state index in [9.17, 15) is 8.42 Å². The van der Waals surface area contributed by atoms with Gasteiger partial charge in [-0.1, -0.05) is 11.6 Å². The van der Waals surface area contributed by atoms with Gasteiger partial charge in [-0.05, 0) is 31.5 Å². The van der Waals surface area contributed by atoms with Crippen LogP contribution in [0.3, 0.4) is 0 Å². The smallest absolute Gasteiger partial charge is 0.243 e. The summed E-state index contributed by atoms with van der Waals surface area (Å²) in [6, 6.07) is 3.43. The number of sulfonamides is 1. The number of aryl methyl sites for hydroxylation is 2. The third-order valence-corrected chi connectivity index (χ3v) is 5.70. The standard InChI is InChI=1S/C12H13ClN2O2S2/c1-8-5-10(18-9(8)2)6-15-19(16,17)12-7-14-4-3-11(12)13/h3-5,7,15H,6H2,1-2H3. The first kappa shape index (κ1) is 14.5. The first-order valence-corrected chi connectivity index (χ1v) is 8.23. The summed E-state index contributed by atoms with van der Waals surface area (Å²) in [4.78, 5) is 5.94. The van der Waals surface area contributed by atoms with Gasteiger partial charge in [0, 0.05) is 28.7 Å². The number of pyridine rings is 1. The fourth-order valence-electron chi connectivity index (χ4n) is 1.54. The maximum atomic E-state index is 12.1. The lowest BCUT2D eigenvalue weighted by Gasteiger charge is -2.06. The quantitative estimate of drug-likeness (QED) is 0.943. The number of aromatic nitrogens is 1. The van der Waals surface area contributed by atoms with Crippen molar-refractivity contribution in [2.24, 2.45) is 0 Å². The summed E-state index contributed by atoms with van der Waals surface area (Å²) in [5.41, 5.74) is 1.17. The zero-order valence-corrected chi connectivity index (χ0v) is 12.9. The van der Waals surface area contributed by atoms with Gasteiger partial charge in [0.15, 0.2) is 0 Å². The highest BCUT2D eigenvalue weighted by Crippen LogP contribution is 2.22. The fourth-order valence-corrected chi connectivity index (χ4v) is 4.06. The minimum Gasteiger partial charge on any atom is -0.263 e. The highest BCUT2D eigenvalue weighted by molar-refractivity contribution is 7.89. The van der Waals surface area contributed by atoms with Gasteiger partial charge in [-0.3, -0.25) is 4.98 Å². The Morgan fingerprint density at radius 1 is 1.42 bits per heavy atom. The van der Waals surface area contributed by atoms with E-state index in [0.717, 1.165) is 4.88 Å². The molecule has 19 heavy (non-hydrogen) atoms. The largest absolute Gasteiger partial charge is 0.263 e. The van der Waals surface area contributed by atoms with Gasteiger partial charge >= 0.3 is 0 Å². The molecule has 2 rings (SSSR count). The summed E-state index contributed by atoms with van der Waals surface area (Å²) in [5.74, 6) is 0. The predicted molar refractivity (Wildman–Crippen MR) is 77.1 cm³/mol. The SMILES string of the molecule is Cc1cc(CNS(=O)(=O)c2cnccc2Cl)sc1C. The lowest BCUT2D eigenvalue weighted by atomic mass is 10.3. The number of hydrogen-bond donors (Lipinski definition) is 1. The van der Waals surface area contributed by atoms with Crippen LogP contribution in [0.5, 0.6) is 0 Å². The van der Waals surface area contributed by atoms with Crippen LogP contribution < -0.4 is 4.72 Å². The van der Waals surface area contributed by atoms with Gasteiger partial charge in [0.2, 0.25) is 10.0 Å². The number of nitrogens with zero attached hydrogens (tertiary/aromatic N) is 1. The first-order chi connectivity index (χ1) is 8.90. The van der Waals surface area contributed by atoms with Crippen LogP contribution in [0.4, 0.5) is 0 Å². The molecule has 0 aromatic carbocycles. The van der Waals surface area contributed by atoms with Crippen molar-refractivity contribution < 1.29 is 8.42 Å². The van der Waals surface area contributed by atoms with Crippen LogP contribution in [0.2, 0.25) is 5.02 Å². The Labute approximate surface area is 121 Å². The van der Waals surface area contributed by atoms with E-state index in [0.29, 0.717) is 0 Å². The van der Waals surface area contributed by atoms with Gasteiger partial charge in [-0.15, -0.1) is 11.3 Å². The van der Waals surface area contributed by atoms with Crippen LogP contribution >= 0.6 is 22.9 Å². The summed E-state index contributed by atoms with van der Waals surface area (Å²) < 4.78 is 26.7. The van der Waals surface area contributed by atoms with E-state index in [1.807, 2.05) is 19.9 Å². The van der Waals surface area contributed by atoms with Gasteiger partial charge in [-0.25, -0.2) is 13.1 Å². The molecule has 0 aliphatic heterocycles. The van der Waals surface area contributed by atoms with E-state index in [-0.39, 0.29) is 16.5 Å². The summed E-state index contributed by atoms with van der Waals surface area (Å²) in [5, 5.41) is 0.168. The summed E-state index contributed by atoms with van der Waals surface area (Å²) in [6.07, 6.45) is 2.70. The van der Waals surface area contributed by atoms with E-state index in [1.54, 1.807) is 11.3 Å². The minimum atomic E-state index is -3.63. The molecule has 0 amide bonds. The number of halogens is 1. The summed E-state index contributed by atoms with van der Waals surface area (Å²) in [6.45, 7) is 4.27.